The number of nitrogens with two attached hydrogens (primary N) is 1. The number of nitrogens with one attached hydrogen (secondary N) is 1. The van der Waals surface area contributed by atoms with Crippen LogP contribution in [0, 0.1) is 6.92 Å². The summed E-state index contributed by atoms with van der Waals surface area (Å²) in [5.74, 6) is -0.721. The van der Waals surface area contributed by atoms with Crippen LogP contribution in [0.15, 0.2) is 0 Å². The number of H-pyrrole nitrogens is 1. The summed E-state index contributed by atoms with van der Waals surface area (Å²) < 4.78 is 24.5. The van der Waals surface area contributed by atoms with Crippen LogP contribution in [-0.4, -0.2) is 52.2 Å². The summed E-state index contributed by atoms with van der Waals surface area (Å²) in [5, 5.41) is 14.9. The summed E-state index contributed by atoms with van der Waals surface area (Å²) >= 11 is 0. The molecule has 0 fully saturated rings. The number of aryl methyl sites for hydroxylation is 1. The van der Waals surface area contributed by atoms with Gasteiger partial charge in [-0.2, -0.15) is 5.10 Å². The molecule has 0 aliphatic heterocycles. The van der Waals surface area contributed by atoms with Gasteiger partial charge in [-0.25, -0.2) is 8.78 Å². The summed E-state index contributed by atoms with van der Waals surface area (Å²) in [4.78, 5) is 12.6. The van der Waals surface area contributed by atoms with E-state index in [1.54, 1.807) is 6.92 Å². The lowest BCUT2D eigenvalue weighted by Gasteiger charge is -2.20. The van der Waals surface area contributed by atoms with E-state index in [0.717, 1.165) is 4.90 Å². The van der Waals surface area contributed by atoms with Gasteiger partial charge in [0.1, 0.15) is 0 Å². The number of aromatic amines is 1. The van der Waals surface area contributed by atoms with Crippen molar-refractivity contribution in [3.8, 4) is 0 Å². The van der Waals surface area contributed by atoms with Gasteiger partial charge in [0.05, 0.1) is 24.5 Å². The van der Waals surface area contributed by atoms with E-state index in [9.17, 15) is 13.6 Å². The molecule has 1 aromatic rings. The van der Waals surface area contributed by atoms with Crippen LogP contribution in [-0.2, 0) is 0 Å². The molecule has 0 unspecified atom stereocenters. The van der Waals surface area contributed by atoms with Gasteiger partial charge in [0.25, 0.3) is 12.3 Å². The fraction of sp³-hybridized carbons (Fsp3) is 0.556. The maximum Gasteiger partial charge on any atom is 0.276 e. The van der Waals surface area contributed by atoms with Crippen molar-refractivity contribution in [1.29, 1.82) is 0 Å². The summed E-state index contributed by atoms with van der Waals surface area (Å²) in [6.45, 7) is 0.268. The van der Waals surface area contributed by atoms with Gasteiger partial charge < -0.3 is 15.7 Å². The predicted molar refractivity (Wildman–Crippen MR) is 56.7 cm³/mol. The molecule has 0 saturated carbocycles. The van der Waals surface area contributed by atoms with Crippen molar-refractivity contribution in [1.82, 2.24) is 15.1 Å². The van der Waals surface area contributed by atoms with Gasteiger partial charge in [0, 0.05) is 6.54 Å². The average molecular weight is 248 g/mol. The van der Waals surface area contributed by atoms with E-state index in [0.29, 0.717) is 5.69 Å². The van der Waals surface area contributed by atoms with Gasteiger partial charge in [-0.05, 0) is 6.92 Å². The number of carbonyl (C=O) groups excluding carboxylic acids is 1. The molecule has 4 N–H and O–H groups in total. The Morgan fingerprint density at radius 2 is 2.29 bits per heavy atom. The number of amides is 1. The number of halogens is 2. The van der Waals surface area contributed by atoms with Crippen LogP contribution < -0.4 is 5.73 Å². The Labute approximate surface area is 96.4 Å². The van der Waals surface area contributed by atoms with E-state index in [2.05, 4.69) is 10.2 Å². The molecule has 8 heteroatoms. The number of aliphatic hydroxyl groups excluding tert-OH is 1. The first kappa shape index (κ1) is 13.4. The van der Waals surface area contributed by atoms with Gasteiger partial charge in [0.2, 0.25) is 0 Å². The second-order valence-corrected chi connectivity index (χ2v) is 3.48. The molecular formula is C9H14F2N4O2. The number of hydrogen-bond donors (Lipinski definition) is 3. The fourth-order valence-electron chi connectivity index (χ4n) is 1.31. The predicted octanol–water partition coefficient (Wildman–Crippen LogP) is -0.0000800. The molecule has 0 spiro atoms. The lowest BCUT2D eigenvalue weighted by Crippen LogP contribution is -2.37. The lowest BCUT2D eigenvalue weighted by molar-refractivity contribution is 0.0505. The van der Waals surface area contributed by atoms with Crippen LogP contribution >= 0.6 is 0 Å². The number of rotatable bonds is 5. The first-order valence-electron chi connectivity index (χ1n) is 4.96. The van der Waals surface area contributed by atoms with Crippen LogP contribution in [0.25, 0.3) is 0 Å². The smallest absolute Gasteiger partial charge is 0.276 e. The van der Waals surface area contributed by atoms with E-state index in [1.165, 1.54) is 0 Å². The highest BCUT2D eigenvalue weighted by Gasteiger charge is 2.23. The van der Waals surface area contributed by atoms with Gasteiger partial charge in [-0.1, -0.05) is 0 Å². The van der Waals surface area contributed by atoms with Crippen molar-refractivity contribution in [2.45, 2.75) is 13.3 Å². The number of nitrogen functional groups attached to an aromatic ring is 1. The van der Waals surface area contributed by atoms with Crippen LogP contribution in [0.1, 0.15) is 16.2 Å². The fourth-order valence-corrected chi connectivity index (χ4v) is 1.31. The van der Waals surface area contributed by atoms with Crippen LogP contribution in [0.5, 0.6) is 0 Å². The minimum absolute atomic E-state index is 0.100. The molecule has 1 rings (SSSR count). The number of nitrogens with zero attached hydrogens (tertiary/aromatic N) is 2. The van der Waals surface area contributed by atoms with Crippen molar-refractivity contribution in [3.63, 3.8) is 0 Å². The minimum Gasteiger partial charge on any atom is -0.395 e. The van der Waals surface area contributed by atoms with Crippen molar-refractivity contribution in [3.05, 3.63) is 11.4 Å². The number of anilines is 1. The summed E-state index contributed by atoms with van der Waals surface area (Å²) in [5.41, 5.74) is 6.10. The Hall–Kier alpha value is -1.70. The van der Waals surface area contributed by atoms with E-state index in [1.807, 2.05) is 0 Å². The van der Waals surface area contributed by atoms with Gasteiger partial charge in [0.15, 0.2) is 5.69 Å². The molecule has 1 heterocycles. The normalized spacial score (nSPS) is 10.9. The number of hydrogen-bond acceptors (Lipinski definition) is 4. The molecule has 0 bridgehead atoms. The third-order valence-electron chi connectivity index (χ3n) is 2.21. The Morgan fingerprint density at radius 3 is 2.71 bits per heavy atom. The zero-order chi connectivity index (χ0) is 13.0. The average Bonchev–Trinajstić information content (AvgIpc) is 2.58. The van der Waals surface area contributed by atoms with Crippen molar-refractivity contribution in [2.75, 3.05) is 25.4 Å². The number of aliphatic hydroxyl groups is 1. The quantitative estimate of drug-likeness (QED) is 0.683. The minimum atomic E-state index is -2.67. The second kappa shape index (κ2) is 5.58. The van der Waals surface area contributed by atoms with E-state index in [4.69, 9.17) is 10.8 Å². The molecule has 0 atom stereocenters. The Kier molecular flexibility index (Phi) is 4.38. The van der Waals surface area contributed by atoms with E-state index in [-0.39, 0.29) is 17.9 Å². The first-order chi connectivity index (χ1) is 7.97. The highest BCUT2D eigenvalue weighted by molar-refractivity contribution is 5.97. The maximum atomic E-state index is 12.3. The maximum absolute atomic E-state index is 12.3. The Balaban J connectivity index is 2.87. The molecule has 6 nitrogen and oxygen atoms in total. The second-order valence-electron chi connectivity index (χ2n) is 3.48. The topological polar surface area (TPSA) is 95.2 Å². The number of alkyl halides is 2. The summed E-state index contributed by atoms with van der Waals surface area (Å²) in [6, 6.07) is 0. The standard InChI is InChI=1S/C9H14F2N4O2/c1-5-7(12)8(14-13-5)9(17)15(2-3-16)4-6(10)11/h6,16H,2-4,12H2,1H3,(H,13,14). The molecule has 17 heavy (non-hydrogen) atoms. The van der Waals surface area contributed by atoms with Crippen molar-refractivity contribution < 1.29 is 18.7 Å². The molecule has 1 aromatic heterocycles. The third kappa shape index (κ3) is 3.13. The molecule has 96 valence electrons. The first-order valence-corrected chi connectivity index (χ1v) is 4.96. The summed E-state index contributed by atoms with van der Waals surface area (Å²) in [6.07, 6.45) is -2.67. The summed E-state index contributed by atoms with van der Waals surface area (Å²) in [7, 11) is 0. The lowest BCUT2D eigenvalue weighted by atomic mass is 10.2. The van der Waals surface area contributed by atoms with Crippen LogP contribution in [0.4, 0.5) is 14.5 Å². The zero-order valence-corrected chi connectivity index (χ0v) is 9.28. The largest absolute Gasteiger partial charge is 0.395 e. The molecule has 0 aliphatic rings. The van der Waals surface area contributed by atoms with Crippen molar-refractivity contribution in [2.24, 2.45) is 0 Å². The number of aromatic nitrogens is 2. The number of carbonyl (C=O) groups is 1. The van der Waals surface area contributed by atoms with E-state index >= 15 is 0 Å². The molecule has 0 aliphatic carbocycles. The zero-order valence-electron chi connectivity index (χ0n) is 9.28. The Bertz CT molecular complexity index is 394. The van der Waals surface area contributed by atoms with Gasteiger partial charge in [-0.15, -0.1) is 0 Å². The van der Waals surface area contributed by atoms with Crippen LogP contribution in [0.3, 0.4) is 0 Å². The third-order valence-corrected chi connectivity index (χ3v) is 2.21. The SMILES string of the molecule is Cc1[nH]nc(C(=O)N(CCO)CC(F)F)c1N. The molecular weight excluding hydrogens is 234 g/mol. The highest BCUT2D eigenvalue weighted by Crippen LogP contribution is 2.15. The Morgan fingerprint density at radius 1 is 1.65 bits per heavy atom. The molecule has 0 saturated heterocycles. The van der Waals surface area contributed by atoms with E-state index < -0.39 is 25.5 Å². The highest BCUT2D eigenvalue weighted by atomic mass is 19.3. The molecule has 0 aromatic carbocycles. The molecule has 0 radical (unpaired) electrons. The van der Waals surface area contributed by atoms with Gasteiger partial charge >= 0.3 is 0 Å². The van der Waals surface area contributed by atoms with Gasteiger partial charge in [-0.3, -0.25) is 9.89 Å². The monoisotopic (exact) mass is 248 g/mol. The van der Waals surface area contributed by atoms with Crippen LogP contribution in [0.2, 0.25) is 0 Å². The van der Waals surface area contributed by atoms with Crippen molar-refractivity contribution >= 4 is 11.6 Å². The molecule has 1 amide bonds.